The maximum absolute atomic E-state index is 15.6. The lowest BCUT2D eigenvalue weighted by molar-refractivity contribution is -0.113. The highest BCUT2D eigenvalue weighted by molar-refractivity contribution is 6.05. The molecule has 1 saturated heterocycles. The second kappa shape index (κ2) is 13.0. The van der Waals surface area contributed by atoms with Crippen LogP contribution in [0.4, 0.5) is 19.0 Å². The molecule has 0 bridgehead atoms. The number of nitrogens with zero attached hydrogens (tertiary/aromatic N) is 4. The summed E-state index contributed by atoms with van der Waals surface area (Å²) in [5.74, 6) is -5.22. The maximum Gasteiger partial charge on any atom is 0.282 e. The number of carbonyl (C=O) groups excluding carboxylic acids is 2. The number of pyridine rings is 2. The summed E-state index contributed by atoms with van der Waals surface area (Å²) in [4.78, 5) is 44.9. The Kier molecular flexibility index (Phi) is 9.21. The van der Waals surface area contributed by atoms with Gasteiger partial charge in [-0.1, -0.05) is 6.42 Å². The Bertz CT molecular complexity index is 1780. The maximum atomic E-state index is 15.6. The Morgan fingerprint density at radius 1 is 1.15 bits per heavy atom. The molecule has 46 heavy (non-hydrogen) atoms. The number of ether oxygens (including phenoxy) is 1. The van der Waals surface area contributed by atoms with Gasteiger partial charge in [0, 0.05) is 40.3 Å². The number of carbonyl (C=O) groups is 2. The lowest BCUT2D eigenvalue weighted by atomic mass is 9.80. The number of halogens is 3. The molecule has 2 N–H and O–H groups in total. The highest BCUT2D eigenvalue weighted by Gasteiger charge is 2.47. The summed E-state index contributed by atoms with van der Waals surface area (Å²) >= 11 is 0. The van der Waals surface area contributed by atoms with Gasteiger partial charge in [-0.3, -0.25) is 14.4 Å². The molecule has 1 aliphatic heterocycles. The summed E-state index contributed by atoms with van der Waals surface area (Å²) in [7, 11) is 1.55. The number of likely N-dealkylation sites (tertiary alicyclic amines) is 1. The van der Waals surface area contributed by atoms with Gasteiger partial charge >= 0.3 is 0 Å². The molecule has 2 fully saturated rings. The summed E-state index contributed by atoms with van der Waals surface area (Å²) in [5, 5.41) is 15.5. The van der Waals surface area contributed by atoms with Crippen LogP contribution in [0.2, 0.25) is 0 Å². The number of aromatic nitrogens is 2. The van der Waals surface area contributed by atoms with Gasteiger partial charge < -0.3 is 24.8 Å². The third-order valence-electron chi connectivity index (χ3n) is 8.24. The number of alkyl halides is 2. The SMILES string of the molecule is CC(C)Oc1cc(-c2c(F)cc(C#N)cc2C(=O)N2CC(F)(F)C2)cc(NC(=O)c2cc(CN[C@@H](C)C3CCC3)cn(C)c2=O)n1.[HH].[HH]. The zero-order valence-electron chi connectivity index (χ0n) is 26.0. The van der Waals surface area contributed by atoms with E-state index >= 15 is 4.39 Å². The van der Waals surface area contributed by atoms with E-state index in [2.05, 4.69) is 22.5 Å². The molecule has 2 amide bonds. The highest BCUT2D eigenvalue weighted by atomic mass is 19.3. The van der Waals surface area contributed by atoms with Crippen LogP contribution in [0.1, 0.15) is 74.7 Å². The molecule has 0 spiro atoms. The van der Waals surface area contributed by atoms with Gasteiger partial charge in [-0.05, 0) is 74.9 Å². The molecule has 3 aromatic rings. The Labute approximate surface area is 267 Å². The zero-order valence-corrected chi connectivity index (χ0v) is 26.0. The normalized spacial score (nSPS) is 16.3. The van der Waals surface area contributed by atoms with Gasteiger partial charge in [0.25, 0.3) is 23.3 Å². The van der Waals surface area contributed by atoms with Gasteiger partial charge in [0.2, 0.25) is 5.88 Å². The summed E-state index contributed by atoms with van der Waals surface area (Å²) in [5.41, 5.74) is -0.689. The fraction of sp³-hybridized carbons (Fsp3) is 0.424. The summed E-state index contributed by atoms with van der Waals surface area (Å²) in [6, 6.07) is 8.25. The Hall–Kier alpha value is -4.70. The van der Waals surface area contributed by atoms with Gasteiger partial charge in [-0.25, -0.2) is 13.2 Å². The second-order valence-corrected chi connectivity index (χ2v) is 12.2. The van der Waals surface area contributed by atoms with Crippen LogP contribution in [0.3, 0.4) is 0 Å². The fourth-order valence-corrected chi connectivity index (χ4v) is 5.58. The first kappa shape index (κ1) is 32.7. The molecule has 5 rings (SSSR count). The third-order valence-corrected chi connectivity index (χ3v) is 8.24. The van der Waals surface area contributed by atoms with Crippen molar-refractivity contribution in [1.82, 2.24) is 19.8 Å². The molecule has 246 valence electrons. The predicted octanol–water partition coefficient (Wildman–Crippen LogP) is 5.36. The minimum absolute atomic E-state index is 0. The summed E-state index contributed by atoms with van der Waals surface area (Å²) in [6.45, 7) is 4.33. The molecule has 0 unspecified atom stereocenters. The van der Waals surface area contributed by atoms with Crippen molar-refractivity contribution in [2.75, 3.05) is 18.4 Å². The number of nitriles is 1. The standard InChI is InChI=1S/C33H35F3N6O4.2H2/c1-18(2)46-28-12-23(29-24(8-20(13-37)10-26(29)34)32(45)42-16-33(35,36)17-42)11-27(39-28)40-30(43)25-9-21(15-41(4)31(25)44)14-38-19(3)22-6-5-7-22;;/h8-12,15,18-19,22,38H,5-7,14,16-17H2,1-4H3,(H,39,40,43);2*1H/t19-;;/m0../s1. The fourth-order valence-electron chi connectivity index (χ4n) is 5.58. The van der Waals surface area contributed by atoms with Gasteiger partial charge in [0.05, 0.1) is 36.4 Å². The van der Waals surface area contributed by atoms with Crippen molar-refractivity contribution in [3.63, 3.8) is 0 Å². The quantitative estimate of drug-likeness (QED) is 0.305. The molecule has 1 aliphatic carbocycles. The first-order valence-corrected chi connectivity index (χ1v) is 15.1. The monoisotopic (exact) mass is 640 g/mol. The molecule has 1 atom stereocenters. The lowest BCUT2D eigenvalue weighted by Gasteiger charge is -2.39. The number of aryl methyl sites for hydroxylation is 1. The molecule has 1 aromatic carbocycles. The van der Waals surface area contributed by atoms with Crippen LogP contribution in [0, 0.1) is 23.1 Å². The van der Waals surface area contributed by atoms with E-state index < -0.39 is 42.2 Å². The van der Waals surface area contributed by atoms with Crippen molar-refractivity contribution in [3.8, 4) is 23.1 Å². The van der Waals surface area contributed by atoms with Crippen LogP contribution in [0.25, 0.3) is 11.1 Å². The Balaban J connectivity index is 0.00000312. The van der Waals surface area contributed by atoms with Gasteiger partial charge in [0.15, 0.2) is 0 Å². The molecule has 3 heterocycles. The van der Waals surface area contributed by atoms with Gasteiger partial charge in [-0.2, -0.15) is 10.2 Å². The Morgan fingerprint density at radius 2 is 1.87 bits per heavy atom. The largest absolute Gasteiger partial charge is 0.475 e. The highest BCUT2D eigenvalue weighted by Crippen LogP contribution is 2.36. The van der Waals surface area contributed by atoms with E-state index in [0.29, 0.717) is 12.5 Å². The molecule has 13 heteroatoms. The minimum Gasteiger partial charge on any atom is -0.475 e. The minimum atomic E-state index is -3.06. The zero-order chi connectivity index (χ0) is 33.3. The van der Waals surface area contributed by atoms with Crippen molar-refractivity contribution >= 4 is 17.6 Å². The lowest BCUT2D eigenvalue weighted by Crippen LogP contribution is -2.58. The van der Waals surface area contributed by atoms with Crippen LogP contribution >= 0.6 is 0 Å². The van der Waals surface area contributed by atoms with Crippen molar-refractivity contribution < 1.29 is 30.4 Å². The molecule has 1 saturated carbocycles. The average molecular weight is 641 g/mol. The van der Waals surface area contributed by atoms with Crippen molar-refractivity contribution in [1.29, 1.82) is 5.26 Å². The number of hydrogen-bond donors (Lipinski definition) is 2. The van der Waals surface area contributed by atoms with E-state index in [1.54, 1.807) is 33.2 Å². The number of anilines is 1. The molecule has 2 aromatic heterocycles. The third kappa shape index (κ3) is 7.07. The molecular formula is C33H39F3N6O4. The van der Waals surface area contributed by atoms with E-state index in [0.717, 1.165) is 22.6 Å². The van der Waals surface area contributed by atoms with E-state index in [1.807, 2.05) is 0 Å². The van der Waals surface area contributed by atoms with Gasteiger partial charge in [0.1, 0.15) is 17.2 Å². The van der Waals surface area contributed by atoms with Crippen molar-refractivity contribution in [3.05, 3.63) is 75.0 Å². The van der Waals surface area contributed by atoms with E-state index in [9.17, 15) is 28.4 Å². The van der Waals surface area contributed by atoms with Crippen LogP contribution in [0.5, 0.6) is 5.88 Å². The number of benzene rings is 1. The topological polar surface area (TPSA) is 129 Å². The second-order valence-electron chi connectivity index (χ2n) is 12.2. The van der Waals surface area contributed by atoms with Crippen LogP contribution in [0.15, 0.2) is 41.3 Å². The predicted molar refractivity (Wildman–Crippen MR) is 168 cm³/mol. The smallest absolute Gasteiger partial charge is 0.282 e. The molecule has 2 aliphatic rings. The number of hydrogen-bond acceptors (Lipinski definition) is 7. The summed E-state index contributed by atoms with van der Waals surface area (Å²) in [6.07, 6.45) is 4.82. The van der Waals surface area contributed by atoms with E-state index in [4.69, 9.17) is 4.74 Å². The van der Waals surface area contributed by atoms with Crippen molar-refractivity contribution in [2.45, 2.75) is 64.6 Å². The average Bonchev–Trinajstić information content (AvgIpc) is 2.93. The molecule has 10 nitrogen and oxygen atoms in total. The summed E-state index contributed by atoms with van der Waals surface area (Å²) < 4.78 is 49.9. The van der Waals surface area contributed by atoms with Crippen LogP contribution in [-0.2, 0) is 13.6 Å². The number of rotatable bonds is 10. The number of amides is 2. The Morgan fingerprint density at radius 3 is 2.48 bits per heavy atom. The van der Waals surface area contributed by atoms with E-state index in [-0.39, 0.29) is 54.5 Å². The van der Waals surface area contributed by atoms with Crippen molar-refractivity contribution in [2.24, 2.45) is 13.0 Å². The van der Waals surface area contributed by atoms with Gasteiger partial charge in [-0.15, -0.1) is 0 Å². The first-order valence-electron chi connectivity index (χ1n) is 15.1. The first-order chi connectivity index (χ1) is 21.7. The number of nitrogens with one attached hydrogen (secondary N) is 2. The molecule has 0 radical (unpaired) electrons. The van der Waals surface area contributed by atoms with E-state index in [1.165, 1.54) is 42.0 Å². The van der Waals surface area contributed by atoms with Crippen LogP contribution in [-0.4, -0.2) is 57.4 Å². The molecular weight excluding hydrogens is 601 g/mol. The van der Waals surface area contributed by atoms with Crippen LogP contribution < -0.4 is 20.9 Å².